The molecule has 0 heterocycles. The Labute approximate surface area is 503 Å². The molecule has 0 unspecified atom stereocenters. The van der Waals surface area contributed by atoms with Gasteiger partial charge in [-0.3, -0.25) is 28.8 Å². The highest BCUT2D eigenvalue weighted by Crippen LogP contribution is 2.19. The minimum Gasteiger partial charge on any atom is -0.466 e. The van der Waals surface area contributed by atoms with Crippen LogP contribution in [0.5, 0.6) is 0 Å². The maximum Gasteiger partial charge on any atom is 0.500 e. The van der Waals surface area contributed by atoms with E-state index in [9.17, 15) is 43.2 Å². The van der Waals surface area contributed by atoms with E-state index in [1.54, 1.807) is 4.90 Å². The number of nitrogens with zero attached hydrogens (tertiary/aromatic N) is 3. The lowest BCUT2D eigenvalue weighted by molar-refractivity contribution is -0.146. The van der Waals surface area contributed by atoms with Gasteiger partial charge in [0.1, 0.15) is 0 Å². The number of hydrogen-bond donors (Lipinski definition) is 5. The van der Waals surface area contributed by atoms with Crippen LogP contribution in [0, 0.1) is 0 Å². The number of carbonyl (C=O) groups is 6. The van der Waals surface area contributed by atoms with Crippen molar-refractivity contribution in [3.8, 4) is 0 Å². The highest BCUT2D eigenvalue weighted by Gasteiger charge is 2.40. The minimum atomic E-state index is -4.37. The van der Waals surface area contributed by atoms with Crippen molar-refractivity contribution in [2.75, 3.05) is 184 Å². The first kappa shape index (κ1) is 81.2. The summed E-state index contributed by atoms with van der Waals surface area (Å²) >= 11 is 0. The van der Waals surface area contributed by atoms with Gasteiger partial charge in [-0.1, -0.05) is 0 Å². The Hall–Kier alpha value is -2.82. The average Bonchev–Trinajstić information content (AvgIpc) is 3.59. The molecule has 0 saturated heterocycles. The SMILES string of the molecule is CO[Si](CCCOC(=O)CCN(CCNC(=O)CCN(CCC[Si](O)(O)O)CCC(=O)NCCN(CCC(=O)OCCC[Si](OC)(OC)OC)CCC(=O)OCCC[Si](OC)(OC)OC)CCC(=O)OCCC[Si](OC)(OC)OC)(OC)OC. The van der Waals surface area contributed by atoms with Gasteiger partial charge >= 0.3 is 67.9 Å². The summed E-state index contributed by atoms with van der Waals surface area (Å²) in [6.45, 7) is 2.82. The number of amides is 2. The zero-order chi connectivity index (χ0) is 63.3. The van der Waals surface area contributed by atoms with E-state index in [1.807, 2.05) is 9.80 Å². The molecule has 0 aromatic heterocycles. The van der Waals surface area contributed by atoms with Gasteiger partial charge in [-0.15, -0.1) is 0 Å². The molecule has 0 spiro atoms. The third-order valence-electron chi connectivity index (χ3n) is 13.6. The molecule has 0 aromatic rings. The predicted octanol–water partition coefficient (Wildman–Crippen LogP) is 0.0169. The summed E-state index contributed by atoms with van der Waals surface area (Å²) in [4.78, 5) is 112. The van der Waals surface area contributed by atoms with Crippen molar-refractivity contribution in [2.24, 2.45) is 0 Å². The van der Waals surface area contributed by atoms with E-state index in [4.69, 9.17) is 72.1 Å². The first-order valence-electron chi connectivity index (χ1n) is 28.2. The standard InChI is InChI=1S/C49H103N5O25Si5/c1-64-81(65-2,66-3)40-14-35-76-46(57)20-29-53(30-21-47(58)77-36-15-41-82(67-4,68-5)69-6)33-24-50-44(55)18-27-52(26-13-39-80(61,62)63)28-19-45(56)51-25-34-54(31-22-48(59)78-37-16-42-83(70-7,71-8)72-9)32-23-49(60)79-38-17-43-84(73-10,74-11)75-12/h61-63H,13-43H2,1-12H3,(H,50,55)(H,51,56). The zero-order valence-corrected chi connectivity index (χ0v) is 57.1. The Morgan fingerprint density at radius 3 is 0.762 bits per heavy atom. The second kappa shape index (κ2) is 47.2. The van der Waals surface area contributed by atoms with Crippen LogP contribution >= 0.6 is 0 Å². The largest absolute Gasteiger partial charge is 0.500 e. The van der Waals surface area contributed by atoms with Gasteiger partial charge in [-0.05, 0) is 38.6 Å². The quantitative estimate of drug-likeness (QED) is 0.0232. The Morgan fingerprint density at radius 1 is 0.310 bits per heavy atom. The maximum absolute atomic E-state index is 13.2. The van der Waals surface area contributed by atoms with Crippen molar-refractivity contribution in [2.45, 2.75) is 101 Å². The molecule has 0 saturated carbocycles. The monoisotopic (exact) mass is 1300 g/mol. The fourth-order valence-corrected chi connectivity index (χ4v) is 15.8. The van der Waals surface area contributed by atoms with E-state index in [-0.39, 0.29) is 161 Å². The second-order valence-corrected chi connectivity index (χ2v) is 33.5. The molecular weight excluding hydrogens is 1200 g/mol. The van der Waals surface area contributed by atoms with Crippen molar-refractivity contribution in [3.63, 3.8) is 0 Å². The van der Waals surface area contributed by atoms with Crippen molar-refractivity contribution in [1.82, 2.24) is 25.3 Å². The first-order valence-corrected chi connectivity index (χ1v) is 37.9. The number of nitrogens with one attached hydrogen (secondary N) is 2. The van der Waals surface area contributed by atoms with Crippen molar-refractivity contribution < 1.29 is 115 Å². The highest BCUT2D eigenvalue weighted by atomic mass is 28.4. The molecular formula is C49H103N5O25Si5. The van der Waals surface area contributed by atoms with Gasteiger partial charge in [0, 0.05) is 194 Å². The molecule has 84 heavy (non-hydrogen) atoms. The third kappa shape index (κ3) is 37.1. The Kier molecular flexibility index (Phi) is 45.6. The number of hydrogen-bond acceptors (Lipinski definition) is 28. The summed E-state index contributed by atoms with van der Waals surface area (Å²) in [6.07, 6.45) is 2.02. The number of rotatable bonds is 56. The summed E-state index contributed by atoms with van der Waals surface area (Å²) in [5.74, 6) is -2.48. The van der Waals surface area contributed by atoms with Crippen LogP contribution in [-0.4, -0.2) is 293 Å². The van der Waals surface area contributed by atoms with Gasteiger partial charge in [-0.25, -0.2) is 0 Å². The Bertz CT molecular complexity index is 1550. The normalized spacial score (nSPS) is 12.5. The smallest absolute Gasteiger partial charge is 0.466 e. The number of ether oxygens (including phenoxy) is 4. The van der Waals surface area contributed by atoms with Crippen LogP contribution in [0.4, 0.5) is 0 Å². The summed E-state index contributed by atoms with van der Waals surface area (Å²) in [5, 5.41) is 5.75. The minimum absolute atomic E-state index is 0.00402. The van der Waals surface area contributed by atoms with Crippen LogP contribution in [0.2, 0.25) is 30.2 Å². The zero-order valence-electron chi connectivity index (χ0n) is 52.1. The van der Waals surface area contributed by atoms with Crippen LogP contribution in [0.1, 0.15) is 70.6 Å². The summed E-state index contributed by atoms with van der Waals surface area (Å²) in [5.41, 5.74) is 0. The van der Waals surface area contributed by atoms with E-state index >= 15 is 0 Å². The molecule has 0 fully saturated rings. The molecule has 0 aliphatic heterocycles. The van der Waals surface area contributed by atoms with Crippen LogP contribution in [-0.2, 0) is 101 Å². The van der Waals surface area contributed by atoms with Gasteiger partial charge in [0.05, 0.1) is 52.1 Å². The summed E-state index contributed by atoms with van der Waals surface area (Å²) < 4.78 is 86.9. The van der Waals surface area contributed by atoms with Crippen molar-refractivity contribution in [3.05, 3.63) is 0 Å². The molecule has 0 radical (unpaired) electrons. The molecule has 0 atom stereocenters. The van der Waals surface area contributed by atoms with Gasteiger partial charge in [0.25, 0.3) is 0 Å². The van der Waals surface area contributed by atoms with Crippen molar-refractivity contribution >= 4 is 79.7 Å². The van der Waals surface area contributed by atoms with Crippen LogP contribution < -0.4 is 10.6 Å². The third-order valence-corrected chi connectivity index (χ3v) is 26.0. The lowest BCUT2D eigenvalue weighted by Crippen LogP contribution is -2.42. The highest BCUT2D eigenvalue weighted by molar-refractivity contribution is 6.61. The molecule has 5 N–H and O–H groups in total. The fraction of sp³-hybridized carbons (Fsp3) is 0.878. The molecule has 0 aliphatic carbocycles. The van der Waals surface area contributed by atoms with Gasteiger partial charge in [-0.2, -0.15) is 0 Å². The molecule has 0 aliphatic rings. The van der Waals surface area contributed by atoms with E-state index < -0.39 is 67.9 Å². The maximum atomic E-state index is 13.2. The van der Waals surface area contributed by atoms with Crippen LogP contribution in [0.15, 0.2) is 0 Å². The second-order valence-electron chi connectivity index (χ2n) is 19.1. The van der Waals surface area contributed by atoms with Gasteiger partial charge < -0.3 is 112 Å². The summed E-state index contributed by atoms with van der Waals surface area (Å²) in [7, 11) is 2.29. The molecule has 30 nitrogen and oxygen atoms in total. The number of carbonyl (C=O) groups excluding carboxylic acids is 6. The van der Waals surface area contributed by atoms with E-state index in [0.29, 0.717) is 49.9 Å². The topological polar surface area (TPSA) is 345 Å². The molecule has 0 rings (SSSR count). The van der Waals surface area contributed by atoms with E-state index in [0.717, 1.165) is 0 Å². The molecule has 0 bridgehead atoms. The van der Waals surface area contributed by atoms with Gasteiger partial charge in [0.15, 0.2) is 0 Å². The fourth-order valence-electron chi connectivity index (χ4n) is 8.36. The first-order chi connectivity index (χ1) is 40.0. The van der Waals surface area contributed by atoms with E-state index in [1.165, 1.54) is 85.3 Å². The Balaban J connectivity index is 5.66. The molecule has 35 heteroatoms. The molecule has 494 valence electrons. The van der Waals surface area contributed by atoms with Crippen LogP contribution in [0.3, 0.4) is 0 Å². The number of esters is 4. The van der Waals surface area contributed by atoms with Crippen molar-refractivity contribution in [1.29, 1.82) is 0 Å². The van der Waals surface area contributed by atoms with Gasteiger partial charge in [0.2, 0.25) is 11.8 Å². The van der Waals surface area contributed by atoms with E-state index in [2.05, 4.69) is 10.6 Å². The molecule has 0 aromatic carbocycles. The molecule has 2 amide bonds. The lowest BCUT2D eigenvalue weighted by atomic mass is 10.2. The average molecular weight is 1300 g/mol. The van der Waals surface area contributed by atoms with Crippen LogP contribution in [0.25, 0.3) is 0 Å². The lowest BCUT2D eigenvalue weighted by Gasteiger charge is -2.25. The summed E-state index contributed by atoms with van der Waals surface area (Å²) in [6, 6.07) is 1.52. The predicted molar refractivity (Wildman–Crippen MR) is 314 cm³/mol. The Morgan fingerprint density at radius 2 is 0.536 bits per heavy atom.